The fourth-order valence-electron chi connectivity index (χ4n) is 2.63. The summed E-state index contributed by atoms with van der Waals surface area (Å²) in [6.07, 6.45) is 8.59. The minimum atomic E-state index is -0.891. The molecule has 0 spiro atoms. The van der Waals surface area contributed by atoms with Gasteiger partial charge in [-0.25, -0.2) is 9.78 Å². The Morgan fingerprint density at radius 1 is 1.38 bits per heavy atom. The number of hydrogen-bond donors (Lipinski definition) is 1. The van der Waals surface area contributed by atoms with E-state index in [9.17, 15) is 4.79 Å². The molecule has 0 saturated heterocycles. The molecule has 0 aliphatic rings. The number of carboxylic acids is 1. The number of fused-ring (bicyclic) bond motifs is 1. The van der Waals surface area contributed by atoms with Gasteiger partial charge in [0.2, 0.25) is 0 Å². The van der Waals surface area contributed by atoms with Gasteiger partial charge in [0.05, 0.1) is 18.4 Å². The van der Waals surface area contributed by atoms with E-state index < -0.39 is 5.97 Å². The van der Waals surface area contributed by atoms with Crippen molar-refractivity contribution in [3.63, 3.8) is 0 Å². The first kappa shape index (κ1) is 13.4. The van der Waals surface area contributed by atoms with E-state index in [1.54, 1.807) is 24.7 Å². The van der Waals surface area contributed by atoms with Crippen molar-refractivity contribution in [1.82, 2.24) is 14.1 Å². The molecular weight excluding hydrogens is 266 g/mol. The number of carbonyl (C=O) groups is 1. The van der Waals surface area contributed by atoms with Crippen LogP contribution in [0.5, 0.6) is 0 Å². The standard InChI is InChI=1S/C16H17N3O2/c1-2-6-19-10-13(9-18-7-5-17-11-18)14-4-3-12(16(20)21)8-15(14)19/h3-5,7-8,10-11H,2,6,9H2,1H3,(H,20,21). The Kier molecular flexibility index (Phi) is 3.48. The van der Waals surface area contributed by atoms with E-state index >= 15 is 0 Å². The molecule has 2 heterocycles. The number of aryl methyl sites for hydroxylation is 1. The monoisotopic (exact) mass is 283 g/mol. The number of aromatic nitrogens is 3. The molecule has 1 N–H and O–H groups in total. The zero-order valence-electron chi connectivity index (χ0n) is 11.9. The topological polar surface area (TPSA) is 60.0 Å². The van der Waals surface area contributed by atoms with Gasteiger partial charge < -0.3 is 14.2 Å². The van der Waals surface area contributed by atoms with Gasteiger partial charge in [0.25, 0.3) is 0 Å². The molecule has 0 radical (unpaired) electrons. The van der Waals surface area contributed by atoms with Gasteiger partial charge in [-0.1, -0.05) is 13.0 Å². The van der Waals surface area contributed by atoms with Gasteiger partial charge in [-0.3, -0.25) is 0 Å². The summed E-state index contributed by atoms with van der Waals surface area (Å²) in [5, 5.41) is 10.3. The van der Waals surface area contributed by atoms with E-state index in [0.29, 0.717) is 5.56 Å². The quantitative estimate of drug-likeness (QED) is 0.783. The molecule has 21 heavy (non-hydrogen) atoms. The first-order valence-corrected chi connectivity index (χ1v) is 7.00. The van der Waals surface area contributed by atoms with Crippen LogP contribution in [-0.4, -0.2) is 25.2 Å². The molecule has 5 nitrogen and oxygen atoms in total. The van der Waals surface area contributed by atoms with Crippen molar-refractivity contribution in [2.24, 2.45) is 0 Å². The highest BCUT2D eigenvalue weighted by atomic mass is 16.4. The second kappa shape index (κ2) is 5.44. The smallest absolute Gasteiger partial charge is 0.335 e. The maximum atomic E-state index is 11.2. The summed E-state index contributed by atoms with van der Waals surface area (Å²) < 4.78 is 4.14. The maximum absolute atomic E-state index is 11.2. The van der Waals surface area contributed by atoms with Crippen LogP contribution in [0.3, 0.4) is 0 Å². The molecule has 0 amide bonds. The van der Waals surface area contributed by atoms with Gasteiger partial charge in [-0.15, -0.1) is 0 Å². The lowest BCUT2D eigenvalue weighted by molar-refractivity contribution is 0.0697. The Labute approximate surface area is 122 Å². The van der Waals surface area contributed by atoms with Crippen LogP contribution in [0.1, 0.15) is 29.3 Å². The zero-order chi connectivity index (χ0) is 14.8. The fraction of sp³-hybridized carbons (Fsp3) is 0.250. The van der Waals surface area contributed by atoms with E-state index in [0.717, 1.165) is 30.4 Å². The van der Waals surface area contributed by atoms with E-state index in [1.807, 2.05) is 16.8 Å². The van der Waals surface area contributed by atoms with Crippen molar-refractivity contribution in [2.45, 2.75) is 26.4 Å². The Balaban J connectivity index is 2.10. The highest BCUT2D eigenvalue weighted by Gasteiger charge is 2.11. The number of imidazole rings is 1. The molecule has 1 aromatic carbocycles. The van der Waals surface area contributed by atoms with Crippen molar-refractivity contribution >= 4 is 16.9 Å². The largest absolute Gasteiger partial charge is 0.478 e. The number of hydrogen-bond acceptors (Lipinski definition) is 2. The van der Waals surface area contributed by atoms with E-state index in [1.165, 1.54) is 5.56 Å². The molecule has 0 bridgehead atoms. The van der Waals surface area contributed by atoms with Gasteiger partial charge in [-0.2, -0.15) is 0 Å². The summed E-state index contributed by atoms with van der Waals surface area (Å²) in [6.45, 7) is 3.73. The zero-order valence-corrected chi connectivity index (χ0v) is 11.9. The molecule has 2 aromatic heterocycles. The van der Waals surface area contributed by atoms with Crippen molar-refractivity contribution in [2.75, 3.05) is 0 Å². The molecule has 108 valence electrons. The van der Waals surface area contributed by atoms with Crippen molar-refractivity contribution in [1.29, 1.82) is 0 Å². The van der Waals surface area contributed by atoms with E-state index in [2.05, 4.69) is 22.7 Å². The van der Waals surface area contributed by atoms with Crippen molar-refractivity contribution in [3.05, 3.63) is 54.2 Å². The van der Waals surface area contributed by atoms with Gasteiger partial charge in [0.1, 0.15) is 0 Å². The lowest BCUT2D eigenvalue weighted by atomic mass is 10.1. The second-order valence-electron chi connectivity index (χ2n) is 5.12. The van der Waals surface area contributed by atoms with E-state index in [4.69, 9.17) is 5.11 Å². The SMILES string of the molecule is CCCn1cc(Cn2ccnc2)c2ccc(C(=O)O)cc21. The summed E-state index contributed by atoms with van der Waals surface area (Å²) in [5.41, 5.74) is 2.48. The second-order valence-corrected chi connectivity index (χ2v) is 5.12. The van der Waals surface area contributed by atoms with Gasteiger partial charge in [0, 0.05) is 36.0 Å². The summed E-state index contributed by atoms with van der Waals surface area (Å²) in [5.74, 6) is -0.891. The number of aromatic carboxylic acids is 1. The summed E-state index contributed by atoms with van der Waals surface area (Å²) in [4.78, 5) is 15.2. The number of rotatable bonds is 5. The molecule has 0 atom stereocenters. The molecular formula is C16H17N3O2. The van der Waals surface area contributed by atoms with Crippen molar-refractivity contribution < 1.29 is 9.90 Å². The normalized spacial score (nSPS) is 11.1. The average molecular weight is 283 g/mol. The van der Waals surface area contributed by atoms with Crippen LogP contribution in [0.25, 0.3) is 10.9 Å². The summed E-state index contributed by atoms with van der Waals surface area (Å²) >= 11 is 0. The Hall–Kier alpha value is -2.56. The molecule has 3 rings (SSSR count). The van der Waals surface area contributed by atoms with Crippen LogP contribution >= 0.6 is 0 Å². The Morgan fingerprint density at radius 3 is 2.90 bits per heavy atom. The van der Waals surface area contributed by atoms with Crippen LogP contribution in [0.4, 0.5) is 0 Å². The van der Waals surface area contributed by atoms with Crippen LogP contribution in [0.2, 0.25) is 0 Å². The summed E-state index contributed by atoms with van der Waals surface area (Å²) in [6, 6.07) is 5.32. The predicted octanol–water partition coefficient (Wildman–Crippen LogP) is 2.99. The van der Waals surface area contributed by atoms with Gasteiger partial charge >= 0.3 is 5.97 Å². The van der Waals surface area contributed by atoms with Crippen LogP contribution in [0, 0.1) is 0 Å². The number of carboxylic acid groups (broad SMARTS) is 1. The molecule has 0 unspecified atom stereocenters. The minimum Gasteiger partial charge on any atom is -0.478 e. The molecule has 5 heteroatoms. The minimum absolute atomic E-state index is 0.326. The lowest BCUT2D eigenvalue weighted by Gasteiger charge is -2.03. The third-order valence-electron chi connectivity index (χ3n) is 3.59. The first-order chi connectivity index (χ1) is 10.2. The molecule has 0 saturated carbocycles. The Bertz CT molecular complexity index is 772. The highest BCUT2D eigenvalue weighted by Crippen LogP contribution is 2.24. The first-order valence-electron chi connectivity index (χ1n) is 7.00. The molecule has 0 aliphatic carbocycles. The number of benzene rings is 1. The van der Waals surface area contributed by atoms with Crippen molar-refractivity contribution in [3.8, 4) is 0 Å². The van der Waals surface area contributed by atoms with Crippen LogP contribution in [-0.2, 0) is 13.1 Å². The Morgan fingerprint density at radius 2 is 2.24 bits per heavy atom. The van der Waals surface area contributed by atoms with Crippen LogP contribution in [0.15, 0.2) is 43.1 Å². The predicted molar refractivity (Wildman–Crippen MR) is 80.5 cm³/mol. The average Bonchev–Trinajstić information content (AvgIpc) is 3.08. The number of nitrogens with zero attached hydrogens (tertiary/aromatic N) is 3. The molecule has 3 aromatic rings. The van der Waals surface area contributed by atoms with Gasteiger partial charge in [-0.05, 0) is 24.1 Å². The summed E-state index contributed by atoms with van der Waals surface area (Å²) in [7, 11) is 0. The maximum Gasteiger partial charge on any atom is 0.335 e. The molecule has 0 fully saturated rings. The lowest BCUT2D eigenvalue weighted by Crippen LogP contribution is -1.98. The highest BCUT2D eigenvalue weighted by molar-refractivity contribution is 5.94. The van der Waals surface area contributed by atoms with Gasteiger partial charge in [0.15, 0.2) is 0 Å². The third kappa shape index (κ3) is 2.54. The fourth-order valence-corrected chi connectivity index (χ4v) is 2.63. The molecule has 0 aliphatic heterocycles. The third-order valence-corrected chi connectivity index (χ3v) is 3.59. The van der Waals surface area contributed by atoms with Crippen LogP contribution < -0.4 is 0 Å². The van der Waals surface area contributed by atoms with E-state index in [-0.39, 0.29) is 0 Å².